The fourth-order valence-electron chi connectivity index (χ4n) is 3.47. The lowest BCUT2D eigenvalue weighted by Gasteiger charge is -2.35. The molecule has 6 nitrogen and oxygen atoms in total. The number of carbonyl (C=O) groups excluding carboxylic acids is 2. The summed E-state index contributed by atoms with van der Waals surface area (Å²) in [6, 6.07) is 12.8. The van der Waals surface area contributed by atoms with Gasteiger partial charge in [-0.05, 0) is 35.4 Å². The van der Waals surface area contributed by atoms with Crippen LogP contribution in [0.5, 0.6) is 5.75 Å². The van der Waals surface area contributed by atoms with Crippen molar-refractivity contribution < 1.29 is 18.7 Å². The van der Waals surface area contributed by atoms with Crippen LogP contribution in [0.3, 0.4) is 0 Å². The van der Waals surface area contributed by atoms with Gasteiger partial charge in [-0.3, -0.25) is 9.59 Å². The molecule has 3 aromatic rings. The molecule has 0 saturated heterocycles. The van der Waals surface area contributed by atoms with Crippen molar-refractivity contribution in [2.75, 3.05) is 0 Å². The first-order valence-electron chi connectivity index (χ1n) is 9.47. The highest BCUT2D eigenvalue weighted by Gasteiger charge is 2.33. The number of aromatic nitrogens is 1. The second-order valence-electron chi connectivity index (χ2n) is 7.06. The van der Waals surface area contributed by atoms with Crippen molar-refractivity contribution >= 4 is 23.2 Å². The molecule has 2 heterocycles. The van der Waals surface area contributed by atoms with E-state index in [4.69, 9.17) is 10.5 Å². The number of hydrogen-bond acceptors (Lipinski definition) is 5. The molecule has 1 aliphatic heterocycles. The molecule has 2 aromatic carbocycles. The third-order valence-electron chi connectivity index (χ3n) is 5.00. The van der Waals surface area contributed by atoms with Crippen LogP contribution in [0.15, 0.2) is 53.9 Å². The van der Waals surface area contributed by atoms with Gasteiger partial charge in [-0.1, -0.05) is 24.3 Å². The van der Waals surface area contributed by atoms with Gasteiger partial charge < -0.3 is 15.4 Å². The van der Waals surface area contributed by atoms with E-state index in [0.717, 1.165) is 11.1 Å². The summed E-state index contributed by atoms with van der Waals surface area (Å²) in [5.41, 5.74) is 8.25. The number of fused-ring (bicyclic) bond motifs is 1. The normalized spacial score (nSPS) is 15.5. The number of nitrogens with zero attached hydrogens (tertiary/aromatic N) is 2. The van der Waals surface area contributed by atoms with Crippen molar-refractivity contribution in [2.45, 2.75) is 32.0 Å². The number of amides is 2. The first-order valence-corrected chi connectivity index (χ1v) is 10.3. The minimum Gasteiger partial charge on any atom is -0.486 e. The van der Waals surface area contributed by atoms with E-state index in [0.29, 0.717) is 29.4 Å². The summed E-state index contributed by atoms with van der Waals surface area (Å²) in [4.78, 5) is 30.9. The molecule has 1 aromatic heterocycles. The number of nitrogens with two attached hydrogens (primary N) is 1. The zero-order valence-electron chi connectivity index (χ0n) is 16.1. The third-order valence-corrected chi connectivity index (χ3v) is 5.88. The molecule has 0 saturated carbocycles. The Bertz CT molecular complexity index is 1070. The monoisotopic (exact) mass is 425 g/mol. The maximum absolute atomic E-state index is 13.0. The summed E-state index contributed by atoms with van der Waals surface area (Å²) in [7, 11) is 0. The molecule has 0 fully saturated rings. The molecule has 0 bridgehead atoms. The minimum absolute atomic E-state index is 0.0823. The highest BCUT2D eigenvalue weighted by molar-refractivity contribution is 7.09. The number of primary amides is 1. The Labute approximate surface area is 177 Å². The number of carbonyl (C=O) groups is 2. The van der Waals surface area contributed by atoms with E-state index in [1.165, 1.54) is 23.5 Å². The Morgan fingerprint density at radius 1 is 1.17 bits per heavy atom. The van der Waals surface area contributed by atoms with Gasteiger partial charge in [0.25, 0.3) is 0 Å². The predicted octanol–water partition coefficient (Wildman–Crippen LogP) is 2.84. The van der Waals surface area contributed by atoms with Gasteiger partial charge in [0, 0.05) is 18.3 Å². The van der Waals surface area contributed by atoms with Crippen LogP contribution in [-0.2, 0) is 35.6 Å². The topological polar surface area (TPSA) is 85.5 Å². The summed E-state index contributed by atoms with van der Waals surface area (Å²) in [5.74, 6) is -0.485. The molecule has 8 heteroatoms. The summed E-state index contributed by atoms with van der Waals surface area (Å²) in [6.07, 6.45) is 0.504. The Kier molecular flexibility index (Phi) is 5.76. The number of halogens is 1. The van der Waals surface area contributed by atoms with Crippen LogP contribution in [0, 0.1) is 5.82 Å². The van der Waals surface area contributed by atoms with Crippen molar-refractivity contribution in [3.63, 3.8) is 0 Å². The van der Waals surface area contributed by atoms with Crippen molar-refractivity contribution in [3.8, 4) is 5.75 Å². The summed E-state index contributed by atoms with van der Waals surface area (Å²) in [6.45, 7) is 0.582. The molecule has 2 N–H and O–H groups in total. The maximum Gasteiger partial charge on any atom is 0.240 e. The standard InChI is InChI=1S/C22H20FN3O3S/c23-16-5-7-18(8-6-16)29-12-20-25-17(13-30-20)10-21(27)26-11-15-4-2-1-3-14(15)9-19(26)22(24)28/h1-8,13,19H,9-12H2,(H2,24,28). The molecular weight excluding hydrogens is 405 g/mol. The summed E-state index contributed by atoms with van der Waals surface area (Å²) >= 11 is 1.38. The molecule has 4 rings (SSSR count). The van der Waals surface area contributed by atoms with Gasteiger partial charge in [0.15, 0.2) is 0 Å². The van der Waals surface area contributed by atoms with Crippen LogP contribution in [0.4, 0.5) is 4.39 Å². The smallest absolute Gasteiger partial charge is 0.240 e. The van der Waals surface area contributed by atoms with Crippen LogP contribution in [-0.4, -0.2) is 27.7 Å². The summed E-state index contributed by atoms with van der Waals surface area (Å²) < 4.78 is 18.6. The number of ether oxygens (including phenoxy) is 1. The maximum atomic E-state index is 13.0. The zero-order chi connectivity index (χ0) is 21.1. The van der Waals surface area contributed by atoms with Crippen molar-refractivity contribution in [1.82, 2.24) is 9.88 Å². The second-order valence-corrected chi connectivity index (χ2v) is 8.01. The SMILES string of the molecule is NC(=O)C1Cc2ccccc2CN1C(=O)Cc1csc(COc2ccc(F)cc2)n1. The number of thiazole rings is 1. The van der Waals surface area contributed by atoms with E-state index >= 15 is 0 Å². The second kappa shape index (κ2) is 8.62. The first-order chi connectivity index (χ1) is 14.5. The average molecular weight is 425 g/mol. The molecule has 0 aliphatic carbocycles. The van der Waals surface area contributed by atoms with Crippen molar-refractivity contribution in [2.24, 2.45) is 5.73 Å². The fourth-order valence-corrected chi connectivity index (χ4v) is 4.17. The van der Waals surface area contributed by atoms with Gasteiger partial charge >= 0.3 is 0 Å². The fraction of sp³-hybridized carbons (Fsp3) is 0.227. The number of hydrogen-bond donors (Lipinski definition) is 1. The van der Waals surface area contributed by atoms with Crippen molar-refractivity contribution in [3.05, 3.63) is 81.6 Å². The van der Waals surface area contributed by atoms with E-state index in [2.05, 4.69) is 4.98 Å². The van der Waals surface area contributed by atoms with E-state index in [-0.39, 0.29) is 24.8 Å². The highest BCUT2D eigenvalue weighted by atomic mass is 32.1. The quantitative estimate of drug-likeness (QED) is 0.658. The molecule has 0 spiro atoms. The van der Waals surface area contributed by atoms with Gasteiger partial charge in [-0.2, -0.15) is 0 Å². The van der Waals surface area contributed by atoms with E-state index in [1.54, 1.807) is 22.4 Å². The Morgan fingerprint density at radius 2 is 1.90 bits per heavy atom. The van der Waals surface area contributed by atoms with E-state index in [9.17, 15) is 14.0 Å². The summed E-state index contributed by atoms with van der Waals surface area (Å²) in [5, 5.41) is 2.51. The molecule has 2 amide bonds. The molecule has 1 aliphatic rings. The van der Waals surface area contributed by atoms with Crippen LogP contribution in [0.1, 0.15) is 21.8 Å². The van der Waals surface area contributed by atoms with E-state index in [1.807, 2.05) is 24.3 Å². The Morgan fingerprint density at radius 3 is 2.63 bits per heavy atom. The molecule has 0 radical (unpaired) electrons. The van der Waals surface area contributed by atoms with Crippen LogP contribution < -0.4 is 10.5 Å². The van der Waals surface area contributed by atoms with Crippen LogP contribution >= 0.6 is 11.3 Å². The molecule has 154 valence electrons. The third kappa shape index (κ3) is 4.49. The lowest BCUT2D eigenvalue weighted by molar-refractivity contribution is -0.140. The van der Waals surface area contributed by atoms with Crippen LogP contribution in [0.25, 0.3) is 0 Å². The molecule has 30 heavy (non-hydrogen) atoms. The lowest BCUT2D eigenvalue weighted by Crippen LogP contribution is -2.51. The first kappa shape index (κ1) is 20.0. The minimum atomic E-state index is -0.660. The number of rotatable bonds is 6. The molecule has 1 atom stereocenters. The highest BCUT2D eigenvalue weighted by Crippen LogP contribution is 2.24. The van der Waals surface area contributed by atoms with Gasteiger partial charge in [0.05, 0.1) is 12.1 Å². The van der Waals surface area contributed by atoms with Crippen LogP contribution in [0.2, 0.25) is 0 Å². The molecule has 1 unspecified atom stereocenters. The largest absolute Gasteiger partial charge is 0.486 e. The molecular formula is C22H20FN3O3S. The Hall–Kier alpha value is -3.26. The van der Waals surface area contributed by atoms with Gasteiger partial charge in [-0.25, -0.2) is 9.37 Å². The van der Waals surface area contributed by atoms with E-state index < -0.39 is 11.9 Å². The van der Waals surface area contributed by atoms with Gasteiger partial charge in [0.1, 0.15) is 29.2 Å². The predicted molar refractivity (Wildman–Crippen MR) is 110 cm³/mol. The zero-order valence-corrected chi connectivity index (χ0v) is 16.9. The Balaban J connectivity index is 1.41. The van der Waals surface area contributed by atoms with Gasteiger partial charge in [-0.15, -0.1) is 11.3 Å². The van der Waals surface area contributed by atoms with Gasteiger partial charge in [0.2, 0.25) is 11.8 Å². The average Bonchev–Trinajstić information content (AvgIpc) is 3.19. The lowest BCUT2D eigenvalue weighted by atomic mass is 9.93. The van der Waals surface area contributed by atoms with Crippen molar-refractivity contribution in [1.29, 1.82) is 0 Å². The number of benzene rings is 2.